The number of nitrogens with one attached hydrogen (secondary N) is 1. The number of likely N-dealkylation sites (tertiary alicyclic amines) is 2. The van der Waals surface area contributed by atoms with Crippen LogP contribution in [-0.4, -0.2) is 112 Å². The summed E-state index contributed by atoms with van der Waals surface area (Å²) in [5.41, 5.74) is 1.29. The Labute approximate surface area is 313 Å². The van der Waals surface area contributed by atoms with Crippen molar-refractivity contribution in [2.75, 3.05) is 46.4 Å². The molecule has 3 saturated carbocycles. The van der Waals surface area contributed by atoms with Crippen LogP contribution in [0, 0.1) is 28.1 Å². The molecule has 2 aromatic rings. The van der Waals surface area contributed by atoms with Crippen LogP contribution in [0.1, 0.15) is 101 Å². The molecule has 4 heterocycles. The number of hydrogen-bond acceptors (Lipinski definition) is 7. The van der Waals surface area contributed by atoms with E-state index in [4.69, 9.17) is 9.84 Å². The summed E-state index contributed by atoms with van der Waals surface area (Å²) in [6, 6.07) is 9.55. The van der Waals surface area contributed by atoms with Gasteiger partial charge < -0.3 is 19.6 Å². The third-order valence-corrected chi connectivity index (χ3v) is 12.3. The fraction of sp³-hybridized carbons (Fsp3) is 0.659. The highest BCUT2D eigenvalue weighted by atomic mass is 16.5. The number of methoxy groups -OCH3 is 1. The van der Waals surface area contributed by atoms with Gasteiger partial charge in [-0.25, -0.2) is 4.79 Å². The molecule has 12 heteroatoms. The molecule has 2 N–H and O–H groups in total. The van der Waals surface area contributed by atoms with Crippen LogP contribution < -0.4 is 4.99 Å². The predicted octanol–water partition coefficient (Wildman–Crippen LogP) is 2.88. The highest BCUT2D eigenvalue weighted by molar-refractivity contribution is 6.03. The molecule has 2 atom stereocenters. The van der Waals surface area contributed by atoms with Gasteiger partial charge in [-0.1, -0.05) is 70.4 Å². The van der Waals surface area contributed by atoms with Gasteiger partial charge in [0.15, 0.2) is 6.04 Å². The van der Waals surface area contributed by atoms with Crippen LogP contribution in [0.2, 0.25) is 0 Å². The molecule has 3 aliphatic heterocycles. The van der Waals surface area contributed by atoms with E-state index in [9.17, 15) is 19.2 Å². The summed E-state index contributed by atoms with van der Waals surface area (Å²) in [4.78, 5) is 60.0. The fourth-order valence-electron chi connectivity index (χ4n) is 8.24. The number of ether oxygens (including phenoxy) is 1. The minimum atomic E-state index is -0.678. The van der Waals surface area contributed by atoms with Crippen molar-refractivity contribution in [3.8, 4) is 0 Å². The normalized spacial score (nSPS) is 24.7. The first-order valence-corrected chi connectivity index (χ1v) is 19.6. The van der Waals surface area contributed by atoms with Gasteiger partial charge in [0.25, 0.3) is 11.7 Å². The average molecular weight is 732 g/mol. The van der Waals surface area contributed by atoms with Crippen molar-refractivity contribution < 1.29 is 34.0 Å². The number of hydrogen-bond donors (Lipinski definition) is 2. The van der Waals surface area contributed by atoms with Gasteiger partial charge in [-0.3, -0.25) is 24.1 Å². The molecule has 2 saturated heterocycles. The van der Waals surface area contributed by atoms with E-state index in [0.29, 0.717) is 70.1 Å². The highest BCUT2D eigenvalue weighted by Gasteiger charge is 2.64. The number of esters is 1. The molecule has 12 nitrogen and oxygen atoms in total. The molecule has 3 amide bonds. The molecule has 1 spiro atoms. The van der Waals surface area contributed by atoms with Gasteiger partial charge in [-0.05, 0) is 61.8 Å². The Kier molecular flexibility index (Phi) is 11.8. The summed E-state index contributed by atoms with van der Waals surface area (Å²) in [6.07, 6.45) is 15.7. The quantitative estimate of drug-likeness (QED) is 0.283. The molecule has 5 fully saturated rings. The minimum absolute atomic E-state index is 0.0543. The number of carbonyl (C=O) groups is 4. The number of aromatic nitrogens is 2. The molecular formula is C41H59N6O6+. The highest BCUT2D eigenvalue weighted by Crippen LogP contribution is 2.49. The van der Waals surface area contributed by atoms with E-state index in [1.807, 2.05) is 42.2 Å². The van der Waals surface area contributed by atoms with Crippen LogP contribution in [-0.2, 0) is 25.7 Å². The Morgan fingerprint density at radius 3 is 2.26 bits per heavy atom. The second-order valence-electron chi connectivity index (χ2n) is 17.1. The zero-order chi connectivity index (χ0) is 37.8. The molecule has 2 unspecified atom stereocenters. The van der Waals surface area contributed by atoms with E-state index in [0.717, 1.165) is 23.2 Å². The summed E-state index contributed by atoms with van der Waals surface area (Å²) in [5.74, 6) is 0.752. The van der Waals surface area contributed by atoms with E-state index < -0.39 is 5.41 Å². The van der Waals surface area contributed by atoms with Crippen LogP contribution in [0.15, 0.2) is 42.7 Å². The molecule has 0 radical (unpaired) electrons. The average Bonchev–Trinajstić information content (AvgIpc) is 3.93. The predicted molar refractivity (Wildman–Crippen MR) is 199 cm³/mol. The smallest absolute Gasteiger partial charge is 0.354 e. The Balaban J connectivity index is 0.000000310. The molecule has 288 valence electrons. The van der Waals surface area contributed by atoms with Gasteiger partial charge >= 0.3 is 11.9 Å². The first-order chi connectivity index (χ1) is 25.4. The summed E-state index contributed by atoms with van der Waals surface area (Å²) < 4.78 is 6.82. The monoisotopic (exact) mass is 731 g/mol. The Hall–Kier alpha value is -4.06. The molecule has 1 aromatic carbocycles. The summed E-state index contributed by atoms with van der Waals surface area (Å²) in [7, 11) is 1.38. The zero-order valence-corrected chi connectivity index (χ0v) is 32.1. The molecule has 0 bridgehead atoms. The molecule has 1 aromatic heterocycles. The van der Waals surface area contributed by atoms with Crippen molar-refractivity contribution in [2.24, 2.45) is 28.1 Å². The maximum Gasteiger partial charge on any atom is 0.354 e. The van der Waals surface area contributed by atoms with Gasteiger partial charge in [0.05, 0.1) is 31.3 Å². The summed E-state index contributed by atoms with van der Waals surface area (Å²) in [6.45, 7) is 9.68. The van der Waals surface area contributed by atoms with Crippen LogP contribution in [0.4, 0.5) is 0 Å². The maximum atomic E-state index is 13.7. The van der Waals surface area contributed by atoms with Crippen molar-refractivity contribution in [2.45, 2.75) is 97.6 Å². The number of amidine groups is 1. The minimum Gasteiger partial charge on any atom is -0.468 e. The third-order valence-electron chi connectivity index (χ3n) is 12.3. The van der Waals surface area contributed by atoms with Crippen LogP contribution in [0.3, 0.4) is 0 Å². The van der Waals surface area contributed by atoms with Crippen molar-refractivity contribution in [3.63, 3.8) is 0 Å². The van der Waals surface area contributed by atoms with E-state index in [-0.39, 0.29) is 41.7 Å². The van der Waals surface area contributed by atoms with Gasteiger partial charge in [-0.15, -0.1) is 0 Å². The van der Waals surface area contributed by atoms with Crippen molar-refractivity contribution >= 4 is 30.0 Å². The number of amides is 3. The second-order valence-corrected chi connectivity index (χ2v) is 17.1. The number of aliphatic hydroxyl groups is 1. The van der Waals surface area contributed by atoms with Gasteiger partial charge in [-0.2, -0.15) is 10.00 Å². The molecule has 6 aliphatic rings. The Bertz CT molecular complexity index is 1630. The summed E-state index contributed by atoms with van der Waals surface area (Å²) >= 11 is 0. The molecule has 3 aliphatic carbocycles. The lowest BCUT2D eigenvalue weighted by atomic mass is 9.71. The van der Waals surface area contributed by atoms with E-state index in [2.05, 4.69) is 23.9 Å². The topological polar surface area (TPSA) is 139 Å². The van der Waals surface area contributed by atoms with Gasteiger partial charge in [0, 0.05) is 44.4 Å². The van der Waals surface area contributed by atoms with Crippen LogP contribution in [0.25, 0.3) is 0 Å². The first-order valence-electron chi connectivity index (χ1n) is 19.6. The number of rotatable bonds is 10. The third kappa shape index (κ3) is 8.85. The lowest BCUT2D eigenvalue weighted by Gasteiger charge is -2.48. The van der Waals surface area contributed by atoms with Crippen molar-refractivity contribution in [1.29, 1.82) is 0 Å². The van der Waals surface area contributed by atoms with Crippen LogP contribution in [0.5, 0.6) is 0 Å². The van der Waals surface area contributed by atoms with E-state index in [1.165, 1.54) is 52.1 Å². The largest absolute Gasteiger partial charge is 0.468 e. The van der Waals surface area contributed by atoms with Crippen molar-refractivity contribution in [3.05, 3.63) is 53.9 Å². The standard InChI is InChI=1S/C29H34N6O5.C7H14O.C5H10/c1-3-23-26(38)35(18-28(9-10-28)27(39)40-2)24(31-23)22-14-33(17-29(22)15-32(16-29)19-36)25(37)21-11-30-34(13-21)12-20-7-5-4-6-8-20;8-6-7-4-2-1-3-5-7;1-5(2)3-4-5/h4-8,11,13,19,22-23H,3,9-10,12,14-18H2,1-2H3;7-8H,1-6H2;3-4H2,1-2H3/p+1. The number of carbonyl (C=O) groups excluding carboxylic acids is 4. The fourth-order valence-corrected chi connectivity index (χ4v) is 8.24. The number of aliphatic hydroxyl groups excluding tert-OH is 1. The SMILES string of the molecule is CC1(C)CC1.CCC1[NH+]=C(C2CN(C(=O)c3cnn(Cc4ccccc4)c3)CC23CN(C=O)C3)N(CC2(C(=O)OC)CC2)C1=O.OCC1CCCCC1. The van der Waals surface area contributed by atoms with Crippen LogP contribution >= 0.6 is 0 Å². The molecule has 53 heavy (non-hydrogen) atoms. The lowest BCUT2D eigenvalue weighted by Crippen LogP contribution is -2.80. The number of benzene rings is 1. The van der Waals surface area contributed by atoms with Crippen molar-refractivity contribution in [1.82, 2.24) is 24.5 Å². The Morgan fingerprint density at radius 2 is 1.72 bits per heavy atom. The summed E-state index contributed by atoms with van der Waals surface area (Å²) in [5, 5.41) is 13.1. The van der Waals surface area contributed by atoms with Gasteiger partial charge in [0.2, 0.25) is 6.41 Å². The van der Waals surface area contributed by atoms with Gasteiger partial charge in [0.1, 0.15) is 12.0 Å². The first kappa shape index (κ1) is 38.7. The lowest BCUT2D eigenvalue weighted by molar-refractivity contribution is -0.484. The molecule has 8 rings (SSSR count). The maximum absolute atomic E-state index is 13.7. The van der Waals surface area contributed by atoms with E-state index >= 15 is 0 Å². The zero-order valence-electron chi connectivity index (χ0n) is 32.1. The van der Waals surface area contributed by atoms with E-state index in [1.54, 1.807) is 26.9 Å². The number of nitrogens with zero attached hydrogens (tertiary/aromatic N) is 5. The second kappa shape index (κ2) is 16.1. The Morgan fingerprint density at radius 1 is 1.04 bits per heavy atom. The molecular weight excluding hydrogens is 672 g/mol.